The van der Waals surface area contributed by atoms with E-state index in [1.165, 1.54) is 12.1 Å². The second-order valence-electron chi connectivity index (χ2n) is 3.24. The van der Waals surface area contributed by atoms with Gasteiger partial charge in [-0.1, -0.05) is 12.1 Å². The molecule has 0 heterocycles. The first-order valence-corrected chi connectivity index (χ1v) is 7.90. The first-order chi connectivity index (χ1) is 7.16. The number of halogens is 2. The van der Waals surface area contributed by atoms with Gasteiger partial charge in [0.25, 0.3) is 0 Å². The molecular formula is C9H9BrINO3S. The molecule has 0 fully saturated rings. The molecule has 0 spiro atoms. The molecule has 0 aromatic heterocycles. The van der Waals surface area contributed by atoms with Crippen molar-refractivity contribution in [2.45, 2.75) is 1.66 Å². The van der Waals surface area contributed by atoms with E-state index < -0.39 is 17.3 Å². The van der Waals surface area contributed by atoms with Gasteiger partial charge in [-0.3, -0.25) is 4.79 Å². The standard InChI is InChI=1S/C9H9BrINO3S/c1-16(14,15)9(10,11)8(13)6-3-2-4-7(12)5-6/h2-5H,12H2,1H3/t9-/m1/s1. The topological polar surface area (TPSA) is 77.2 Å². The van der Waals surface area contributed by atoms with Crippen LogP contribution in [0.1, 0.15) is 10.4 Å². The number of sulfone groups is 1. The molecule has 0 radical (unpaired) electrons. The molecule has 1 aromatic rings. The predicted octanol–water partition coefficient (Wildman–Crippen LogP) is 1.98. The molecule has 1 atom stereocenters. The summed E-state index contributed by atoms with van der Waals surface area (Å²) in [6, 6.07) is 6.20. The molecule has 0 unspecified atom stereocenters. The summed E-state index contributed by atoms with van der Waals surface area (Å²) in [5, 5.41) is 0. The zero-order chi connectivity index (χ0) is 12.6. The lowest BCUT2D eigenvalue weighted by atomic mass is 10.1. The third kappa shape index (κ3) is 2.75. The molecule has 0 aliphatic heterocycles. The van der Waals surface area contributed by atoms with Crippen molar-refractivity contribution in [2.24, 2.45) is 0 Å². The molecule has 2 N–H and O–H groups in total. The van der Waals surface area contributed by atoms with Crippen molar-refractivity contribution in [3.8, 4) is 0 Å². The van der Waals surface area contributed by atoms with E-state index in [0.717, 1.165) is 6.26 Å². The van der Waals surface area contributed by atoms with E-state index in [1.807, 2.05) is 0 Å². The number of carbonyl (C=O) groups is 1. The minimum Gasteiger partial charge on any atom is -0.399 e. The molecule has 88 valence electrons. The van der Waals surface area contributed by atoms with Crippen LogP contribution in [0.4, 0.5) is 5.69 Å². The first-order valence-electron chi connectivity index (χ1n) is 4.14. The van der Waals surface area contributed by atoms with Crippen molar-refractivity contribution >= 4 is 59.8 Å². The molecule has 1 aromatic carbocycles. The summed E-state index contributed by atoms with van der Waals surface area (Å²) < 4.78 is 21.2. The van der Waals surface area contributed by atoms with Gasteiger partial charge in [0.2, 0.25) is 7.45 Å². The largest absolute Gasteiger partial charge is 0.399 e. The lowest BCUT2D eigenvalue weighted by Gasteiger charge is -2.16. The zero-order valence-corrected chi connectivity index (χ0v) is 12.8. The van der Waals surface area contributed by atoms with Crippen LogP contribution in [0.5, 0.6) is 0 Å². The maximum atomic E-state index is 12.0. The summed E-state index contributed by atoms with van der Waals surface area (Å²) in [7, 11) is -3.55. The fourth-order valence-corrected chi connectivity index (χ4v) is 2.01. The van der Waals surface area contributed by atoms with E-state index in [4.69, 9.17) is 5.73 Å². The van der Waals surface area contributed by atoms with E-state index in [-0.39, 0.29) is 5.56 Å². The Morgan fingerprint density at radius 1 is 1.50 bits per heavy atom. The Balaban J connectivity index is 3.23. The molecule has 1 rings (SSSR count). The third-order valence-corrected chi connectivity index (χ3v) is 8.01. The molecule has 4 nitrogen and oxygen atoms in total. The van der Waals surface area contributed by atoms with E-state index in [1.54, 1.807) is 34.7 Å². The third-order valence-electron chi connectivity index (χ3n) is 1.88. The average Bonchev–Trinajstić information content (AvgIpc) is 2.14. The van der Waals surface area contributed by atoms with Crippen molar-refractivity contribution in [1.29, 1.82) is 0 Å². The summed E-state index contributed by atoms with van der Waals surface area (Å²) in [4.78, 5) is 12.0. The maximum absolute atomic E-state index is 12.0. The number of ketones is 1. The summed E-state index contributed by atoms with van der Waals surface area (Å²) in [6.07, 6.45) is 0.998. The predicted molar refractivity (Wildman–Crippen MR) is 75.7 cm³/mol. The number of nitrogen functional groups attached to an aromatic ring is 1. The van der Waals surface area contributed by atoms with Gasteiger partial charge in [0.1, 0.15) is 0 Å². The lowest BCUT2D eigenvalue weighted by molar-refractivity contribution is 0.101. The second-order valence-corrected chi connectivity index (χ2v) is 10.9. The van der Waals surface area contributed by atoms with Gasteiger partial charge in [0, 0.05) is 17.5 Å². The van der Waals surface area contributed by atoms with Crippen molar-refractivity contribution in [3.05, 3.63) is 29.8 Å². The number of hydrogen-bond acceptors (Lipinski definition) is 4. The molecule has 0 bridgehead atoms. The molecule has 7 heteroatoms. The Kier molecular flexibility index (Phi) is 4.01. The average molecular weight is 418 g/mol. The second kappa shape index (κ2) is 4.61. The number of rotatable bonds is 3. The van der Waals surface area contributed by atoms with Crippen molar-refractivity contribution in [3.63, 3.8) is 0 Å². The minimum atomic E-state index is -3.55. The Hall–Kier alpha value is -0.150. The van der Waals surface area contributed by atoms with Crippen LogP contribution in [-0.4, -0.2) is 22.1 Å². The molecule has 0 saturated heterocycles. The smallest absolute Gasteiger partial charge is 0.238 e. The van der Waals surface area contributed by atoms with Crippen LogP contribution >= 0.6 is 38.5 Å². The normalized spacial score (nSPS) is 15.4. The van der Waals surface area contributed by atoms with Gasteiger partial charge < -0.3 is 5.73 Å². The molecule has 0 saturated carbocycles. The van der Waals surface area contributed by atoms with Gasteiger partial charge in [0.05, 0.1) is 0 Å². The minimum absolute atomic E-state index is 0.261. The quantitative estimate of drug-likeness (QED) is 0.353. The summed E-state index contributed by atoms with van der Waals surface area (Å²) in [5.41, 5.74) is 6.21. The van der Waals surface area contributed by atoms with Gasteiger partial charge >= 0.3 is 0 Å². The fraction of sp³-hybridized carbons (Fsp3) is 0.222. The molecular weight excluding hydrogens is 409 g/mol. The molecule has 0 aliphatic rings. The van der Waals surface area contributed by atoms with E-state index in [2.05, 4.69) is 15.9 Å². The summed E-state index contributed by atoms with van der Waals surface area (Å²) >= 11 is 4.50. The number of alkyl halides is 2. The number of hydrogen-bond donors (Lipinski definition) is 1. The number of Topliss-reactive ketones (excluding diaryl/α,β-unsaturated/α-hetero) is 1. The van der Waals surface area contributed by atoms with Crippen molar-refractivity contribution < 1.29 is 13.2 Å². The SMILES string of the molecule is CS(=O)(=O)[C@](Br)(I)C(=O)c1cccc(N)c1. The van der Waals surface area contributed by atoms with Crippen LogP contribution in [0.15, 0.2) is 24.3 Å². The van der Waals surface area contributed by atoms with Crippen molar-refractivity contribution in [2.75, 3.05) is 12.0 Å². The molecule has 0 amide bonds. The van der Waals surface area contributed by atoms with E-state index in [0.29, 0.717) is 5.69 Å². The van der Waals surface area contributed by atoms with Gasteiger partial charge in [-0.2, -0.15) is 0 Å². The number of anilines is 1. The zero-order valence-electron chi connectivity index (χ0n) is 8.28. The van der Waals surface area contributed by atoms with Gasteiger partial charge in [0.15, 0.2) is 9.84 Å². The molecule has 16 heavy (non-hydrogen) atoms. The van der Waals surface area contributed by atoms with Gasteiger partial charge in [-0.05, 0) is 50.7 Å². The monoisotopic (exact) mass is 417 g/mol. The highest BCUT2D eigenvalue weighted by molar-refractivity contribution is 14.1. The molecule has 0 aliphatic carbocycles. The van der Waals surface area contributed by atoms with Gasteiger partial charge in [-0.25, -0.2) is 8.42 Å². The van der Waals surface area contributed by atoms with Gasteiger partial charge in [-0.15, -0.1) is 0 Å². The van der Waals surface area contributed by atoms with Crippen LogP contribution in [0.3, 0.4) is 0 Å². The van der Waals surface area contributed by atoms with Crippen LogP contribution in [0.2, 0.25) is 0 Å². The number of carbonyl (C=O) groups excluding carboxylic acids is 1. The summed E-state index contributed by atoms with van der Waals surface area (Å²) in [6.45, 7) is 0. The first kappa shape index (κ1) is 13.9. The Morgan fingerprint density at radius 3 is 2.50 bits per heavy atom. The number of nitrogens with two attached hydrogens (primary N) is 1. The van der Waals surface area contributed by atoms with Crippen LogP contribution in [0.25, 0.3) is 0 Å². The highest BCUT2D eigenvalue weighted by Crippen LogP contribution is 2.36. The maximum Gasteiger partial charge on any atom is 0.238 e. The highest BCUT2D eigenvalue weighted by atomic mass is 127. The highest BCUT2D eigenvalue weighted by Gasteiger charge is 2.43. The van der Waals surface area contributed by atoms with Crippen LogP contribution in [-0.2, 0) is 9.84 Å². The fourth-order valence-electron chi connectivity index (χ4n) is 1.02. The van der Waals surface area contributed by atoms with Crippen molar-refractivity contribution in [1.82, 2.24) is 0 Å². The van der Waals surface area contributed by atoms with Crippen LogP contribution in [0, 0.1) is 0 Å². The summed E-state index contributed by atoms with van der Waals surface area (Å²) in [5.74, 6) is -0.539. The van der Waals surface area contributed by atoms with E-state index in [9.17, 15) is 13.2 Å². The van der Waals surface area contributed by atoms with E-state index >= 15 is 0 Å². The Bertz CT molecular complexity index is 527. The number of benzene rings is 1. The Morgan fingerprint density at radius 2 is 2.06 bits per heavy atom. The van der Waals surface area contributed by atoms with Crippen LogP contribution < -0.4 is 5.73 Å². The Labute approximate surface area is 116 Å². The lowest BCUT2D eigenvalue weighted by Crippen LogP contribution is -2.33.